The fraction of sp³-hybridized carbons (Fsp3) is 0.316. The van der Waals surface area contributed by atoms with E-state index in [1.54, 1.807) is 0 Å². The summed E-state index contributed by atoms with van der Waals surface area (Å²) in [5.41, 5.74) is 5.95. The molecule has 116 valence electrons. The molecular weight excluding hydrogens is 272 g/mol. The molecule has 0 spiro atoms. The molecular formula is C19H24N2O. The molecule has 2 N–H and O–H groups in total. The molecule has 1 amide bonds. The number of amides is 1. The maximum absolute atomic E-state index is 11.9. The monoisotopic (exact) mass is 296 g/mol. The van der Waals surface area contributed by atoms with Gasteiger partial charge in [0.1, 0.15) is 0 Å². The molecule has 0 saturated carbocycles. The Kier molecular flexibility index (Phi) is 5.59. The number of aryl methyl sites for hydroxylation is 3. The zero-order chi connectivity index (χ0) is 15.9. The van der Waals surface area contributed by atoms with Crippen LogP contribution in [0.4, 0.5) is 5.69 Å². The maximum Gasteiger partial charge on any atom is 0.239 e. The molecule has 0 aliphatic heterocycles. The molecule has 0 aromatic heterocycles. The molecule has 3 nitrogen and oxygen atoms in total. The summed E-state index contributed by atoms with van der Waals surface area (Å²) in [6.07, 6.45) is 0.863. The first-order valence-corrected chi connectivity index (χ1v) is 7.68. The first-order chi connectivity index (χ1) is 10.6. The molecule has 0 aliphatic rings. The molecule has 0 aliphatic carbocycles. The van der Waals surface area contributed by atoms with Crippen LogP contribution < -0.4 is 10.6 Å². The summed E-state index contributed by atoms with van der Waals surface area (Å²) in [6, 6.07) is 14.4. The molecule has 0 bridgehead atoms. The average molecular weight is 296 g/mol. The van der Waals surface area contributed by atoms with Gasteiger partial charge in [0.25, 0.3) is 0 Å². The third-order valence-electron chi connectivity index (χ3n) is 3.80. The summed E-state index contributed by atoms with van der Waals surface area (Å²) in [4.78, 5) is 11.9. The van der Waals surface area contributed by atoms with Gasteiger partial charge in [0.15, 0.2) is 0 Å². The smallest absolute Gasteiger partial charge is 0.239 e. The molecule has 22 heavy (non-hydrogen) atoms. The van der Waals surface area contributed by atoms with E-state index in [0.717, 1.165) is 17.7 Å². The second-order valence-corrected chi connectivity index (χ2v) is 5.70. The van der Waals surface area contributed by atoms with Crippen LogP contribution in [0.3, 0.4) is 0 Å². The number of rotatable bonds is 6. The van der Waals surface area contributed by atoms with Crippen molar-refractivity contribution in [3.63, 3.8) is 0 Å². The number of hydrogen-bond donors (Lipinski definition) is 2. The standard InChI is InChI=1S/C19H24N2O/c1-14-8-9-18(16(3)12-14)21-13-19(22)20-11-10-17-7-5-4-6-15(17)2/h4-9,12,21H,10-11,13H2,1-3H3,(H,20,22). The van der Waals surface area contributed by atoms with Gasteiger partial charge < -0.3 is 10.6 Å². The number of anilines is 1. The lowest BCUT2D eigenvalue weighted by atomic mass is 10.1. The Morgan fingerprint density at radius 1 is 1.00 bits per heavy atom. The molecule has 2 aromatic rings. The van der Waals surface area contributed by atoms with Gasteiger partial charge in [-0.15, -0.1) is 0 Å². The average Bonchev–Trinajstić information content (AvgIpc) is 2.48. The molecule has 0 saturated heterocycles. The molecule has 0 unspecified atom stereocenters. The molecule has 2 rings (SSSR count). The van der Waals surface area contributed by atoms with Crippen molar-refractivity contribution in [1.82, 2.24) is 5.32 Å². The van der Waals surface area contributed by atoms with Gasteiger partial charge in [-0.05, 0) is 49.9 Å². The van der Waals surface area contributed by atoms with E-state index in [2.05, 4.69) is 42.7 Å². The normalized spacial score (nSPS) is 10.3. The van der Waals surface area contributed by atoms with E-state index in [0.29, 0.717) is 13.1 Å². The molecule has 0 radical (unpaired) electrons. The topological polar surface area (TPSA) is 41.1 Å². The summed E-state index contributed by atoms with van der Waals surface area (Å²) < 4.78 is 0. The third-order valence-corrected chi connectivity index (χ3v) is 3.80. The van der Waals surface area contributed by atoms with Crippen LogP contribution in [-0.2, 0) is 11.2 Å². The lowest BCUT2D eigenvalue weighted by Gasteiger charge is -2.11. The number of benzene rings is 2. The van der Waals surface area contributed by atoms with Crippen molar-refractivity contribution in [3.05, 3.63) is 64.7 Å². The van der Waals surface area contributed by atoms with E-state index in [1.807, 2.05) is 31.2 Å². The Morgan fingerprint density at radius 3 is 2.50 bits per heavy atom. The Morgan fingerprint density at radius 2 is 1.77 bits per heavy atom. The highest BCUT2D eigenvalue weighted by molar-refractivity contribution is 5.80. The largest absolute Gasteiger partial charge is 0.376 e. The molecule has 2 aromatic carbocycles. The highest BCUT2D eigenvalue weighted by Gasteiger charge is 2.03. The van der Waals surface area contributed by atoms with E-state index < -0.39 is 0 Å². The third kappa shape index (κ3) is 4.62. The second kappa shape index (κ2) is 7.64. The number of carbonyl (C=O) groups is 1. The van der Waals surface area contributed by atoms with Crippen molar-refractivity contribution in [2.24, 2.45) is 0 Å². The van der Waals surface area contributed by atoms with E-state index in [9.17, 15) is 4.79 Å². The summed E-state index contributed by atoms with van der Waals surface area (Å²) in [7, 11) is 0. The van der Waals surface area contributed by atoms with Gasteiger partial charge in [-0.2, -0.15) is 0 Å². The van der Waals surface area contributed by atoms with Crippen LogP contribution in [0, 0.1) is 20.8 Å². The predicted molar refractivity (Wildman–Crippen MR) is 92.3 cm³/mol. The van der Waals surface area contributed by atoms with Gasteiger partial charge >= 0.3 is 0 Å². The summed E-state index contributed by atoms with van der Waals surface area (Å²) in [6.45, 7) is 7.18. The SMILES string of the molecule is Cc1ccc(NCC(=O)NCCc2ccccc2C)c(C)c1. The quantitative estimate of drug-likeness (QED) is 0.858. The predicted octanol–water partition coefficient (Wildman–Crippen LogP) is 3.38. The van der Waals surface area contributed by atoms with Crippen molar-refractivity contribution in [3.8, 4) is 0 Å². The van der Waals surface area contributed by atoms with E-state index >= 15 is 0 Å². The van der Waals surface area contributed by atoms with Crippen LogP contribution in [-0.4, -0.2) is 19.0 Å². The first kappa shape index (κ1) is 16.1. The van der Waals surface area contributed by atoms with Gasteiger partial charge in [-0.25, -0.2) is 0 Å². The van der Waals surface area contributed by atoms with Crippen LogP contribution in [0.1, 0.15) is 22.3 Å². The Balaban J connectivity index is 1.75. The van der Waals surface area contributed by atoms with Crippen molar-refractivity contribution in [2.75, 3.05) is 18.4 Å². The van der Waals surface area contributed by atoms with Crippen molar-refractivity contribution in [1.29, 1.82) is 0 Å². The maximum atomic E-state index is 11.9. The zero-order valence-corrected chi connectivity index (χ0v) is 13.6. The van der Waals surface area contributed by atoms with E-state index in [4.69, 9.17) is 0 Å². The highest BCUT2D eigenvalue weighted by Crippen LogP contribution is 2.15. The van der Waals surface area contributed by atoms with Crippen LogP contribution in [0.5, 0.6) is 0 Å². The van der Waals surface area contributed by atoms with Crippen LogP contribution in [0.25, 0.3) is 0 Å². The number of hydrogen-bond acceptors (Lipinski definition) is 2. The minimum atomic E-state index is 0.0218. The Hall–Kier alpha value is -2.29. The lowest BCUT2D eigenvalue weighted by molar-refractivity contribution is -0.119. The van der Waals surface area contributed by atoms with Gasteiger partial charge in [-0.3, -0.25) is 4.79 Å². The minimum Gasteiger partial charge on any atom is -0.376 e. The summed E-state index contributed by atoms with van der Waals surface area (Å²) in [5, 5.41) is 6.15. The molecule has 3 heteroatoms. The number of nitrogens with one attached hydrogen (secondary N) is 2. The van der Waals surface area contributed by atoms with Crippen LogP contribution in [0.2, 0.25) is 0 Å². The van der Waals surface area contributed by atoms with E-state index in [-0.39, 0.29) is 5.91 Å². The zero-order valence-electron chi connectivity index (χ0n) is 13.6. The molecule has 0 heterocycles. The van der Waals surface area contributed by atoms with E-state index in [1.165, 1.54) is 16.7 Å². The molecule has 0 fully saturated rings. The fourth-order valence-corrected chi connectivity index (χ4v) is 2.48. The van der Waals surface area contributed by atoms with Crippen LogP contribution in [0.15, 0.2) is 42.5 Å². The van der Waals surface area contributed by atoms with Crippen LogP contribution >= 0.6 is 0 Å². The fourth-order valence-electron chi connectivity index (χ4n) is 2.48. The van der Waals surface area contributed by atoms with Gasteiger partial charge in [-0.1, -0.05) is 42.0 Å². The van der Waals surface area contributed by atoms with Gasteiger partial charge in [0, 0.05) is 12.2 Å². The van der Waals surface area contributed by atoms with Gasteiger partial charge in [0.2, 0.25) is 5.91 Å². The van der Waals surface area contributed by atoms with Crippen molar-refractivity contribution < 1.29 is 4.79 Å². The minimum absolute atomic E-state index is 0.0218. The van der Waals surface area contributed by atoms with Gasteiger partial charge in [0.05, 0.1) is 6.54 Å². The molecule has 0 atom stereocenters. The highest BCUT2D eigenvalue weighted by atomic mass is 16.1. The summed E-state index contributed by atoms with van der Waals surface area (Å²) >= 11 is 0. The first-order valence-electron chi connectivity index (χ1n) is 7.68. The number of carbonyl (C=O) groups excluding carboxylic acids is 1. The lowest BCUT2D eigenvalue weighted by Crippen LogP contribution is -2.31. The Bertz CT molecular complexity index is 650. The van der Waals surface area contributed by atoms with Crippen molar-refractivity contribution >= 4 is 11.6 Å². The van der Waals surface area contributed by atoms with Crippen molar-refractivity contribution in [2.45, 2.75) is 27.2 Å². The second-order valence-electron chi connectivity index (χ2n) is 5.70. The summed E-state index contributed by atoms with van der Waals surface area (Å²) in [5.74, 6) is 0.0218. The Labute approximate surface area is 132 Å².